The first kappa shape index (κ1) is 18.3. The number of thiophene rings is 1. The van der Waals surface area contributed by atoms with Crippen molar-refractivity contribution >= 4 is 21.2 Å². The lowest BCUT2D eigenvalue weighted by atomic mass is 10.1. The zero-order chi connectivity index (χ0) is 18.7. The van der Waals surface area contributed by atoms with Crippen LogP contribution in [0.1, 0.15) is 30.8 Å². The second-order valence-electron chi connectivity index (χ2n) is 6.07. The second-order valence-corrected chi connectivity index (χ2v) is 9.35. The molecule has 1 aromatic carbocycles. The van der Waals surface area contributed by atoms with Crippen molar-refractivity contribution in [1.29, 1.82) is 0 Å². The third-order valence-corrected chi connectivity index (χ3v) is 6.75. The van der Waals surface area contributed by atoms with Crippen molar-refractivity contribution in [3.63, 3.8) is 0 Å². The molecule has 0 unspecified atom stereocenters. The molecule has 26 heavy (non-hydrogen) atoms. The highest BCUT2D eigenvalue weighted by atomic mass is 32.2. The Labute approximate surface area is 157 Å². The first-order chi connectivity index (χ1) is 12.4. The minimum Gasteiger partial charge on any atom is -0.256 e. The Kier molecular flexibility index (Phi) is 5.21. The van der Waals surface area contributed by atoms with Crippen LogP contribution in [0.15, 0.2) is 52.2 Å². The molecular formula is C20H18N2O2S2. The molecule has 2 aromatic heterocycles. The van der Waals surface area contributed by atoms with Crippen LogP contribution in [0.25, 0.3) is 11.3 Å². The molecule has 6 heteroatoms. The minimum absolute atomic E-state index is 0.314. The van der Waals surface area contributed by atoms with Gasteiger partial charge in [0.2, 0.25) is 0 Å². The van der Waals surface area contributed by atoms with Crippen molar-refractivity contribution in [3.05, 3.63) is 64.2 Å². The van der Waals surface area contributed by atoms with Crippen LogP contribution >= 0.6 is 11.3 Å². The number of sulfone groups is 1. The molecule has 0 aliphatic rings. The smallest absolute Gasteiger partial charge is 0.180 e. The van der Waals surface area contributed by atoms with E-state index in [4.69, 9.17) is 0 Å². The largest absolute Gasteiger partial charge is 0.256 e. The average molecular weight is 383 g/mol. The highest BCUT2D eigenvalue weighted by Crippen LogP contribution is 2.22. The average Bonchev–Trinajstić information content (AvgIpc) is 3.14. The fourth-order valence-corrected chi connectivity index (χ4v) is 3.91. The maximum Gasteiger partial charge on any atom is 0.180 e. The summed E-state index contributed by atoms with van der Waals surface area (Å²) >= 11 is 1.60. The zero-order valence-electron chi connectivity index (χ0n) is 14.7. The van der Waals surface area contributed by atoms with E-state index in [9.17, 15) is 8.42 Å². The Morgan fingerprint density at radius 2 is 1.81 bits per heavy atom. The summed E-state index contributed by atoms with van der Waals surface area (Å²) in [4.78, 5) is 9.27. The van der Waals surface area contributed by atoms with Crippen molar-refractivity contribution in [2.45, 2.75) is 30.9 Å². The van der Waals surface area contributed by atoms with Crippen molar-refractivity contribution in [2.75, 3.05) is 0 Å². The Morgan fingerprint density at radius 1 is 1.08 bits per heavy atom. The summed E-state index contributed by atoms with van der Waals surface area (Å²) in [7, 11) is -3.28. The van der Waals surface area contributed by atoms with E-state index in [0.29, 0.717) is 16.3 Å². The van der Waals surface area contributed by atoms with Gasteiger partial charge in [-0.2, -0.15) is 11.3 Å². The molecule has 3 rings (SSSR count). The number of aromatic nitrogens is 2. The third-order valence-electron chi connectivity index (χ3n) is 3.90. The Morgan fingerprint density at radius 3 is 2.42 bits per heavy atom. The maximum atomic E-state index is 12.2. The molecule has 0 amide bonds. The van der Waals surface area contributed by atoms with Crippen molar-refractivity contribution in [1.82, 2.24) is 9.97 Å². The van der Waals surface area contributed by atoms with Crippen molar-refractivity contribution in [2.24, 2.45) is 0 Å². The molecule has 3 aromatic rings. The summed E-state index contributed by atoms with van der Waals surface area (Å²) in [6.45, 7) is 5.22. The fraction of sp³-hybridized carbons (Fsp3) is 0.200. The molecule has 132 valence electrons. The van der Waals surface area contributed by atoms with Crippen LogP contribution < -0.4 is 0 Å². The van der Waals surface area contributed by atoms with Gasteiger partial charge in [-0.25, -0.2) is 13.4 Å². The van der Waals surface area contributed by atoms with Crippen LogP contribution in [-0.2, 0) is 9.84 Å². The Balaban J connectivity index is 1.94. The van der Waals surface area contributed by atoms with Gasteiger partial charge in [0.1, 0.15) is 5.69 Å². The molecule has 0 aliphatic carbocycles. The topological polar surface area (TPSA) is 59.9 Å². The molecule has 0 spiro atoms. The first-order valence-electron chi connectivity index (χ1n) is 8.10. The van der Waals surface area contributed by atoms with E-state index in [1.165, 1.54) is 0 Å². The number of hydrogen-bond acceptors (Lipinski definition) is 5. The van der Waals surface area contributed by atoms with Gasteiger partial charge in [0, 0.05) is 16.5 Å². The van der Waals surface area contributed by atoms with Crippen molar-refractivity contribution in [3.8, 4) is 23.1 Å². The highest BCUT2D eigenvalue weighted by Gasteiger charge is 2.19. The molecule has 0 saturated carbocycles. The SMILES string of the molecule is Cc1ncc(-c2ccc(S(=O)(=O)C(C)C)cc2)nc1C#Cc1ccsc1. The summed E-state index contributed by atoms with van der Waals surface area (Å²) in [6.07, 6.45) is 1.68. The molecule has 0 aliphatic heterocycles. The van der Waals surface area contributed by atoms with Gasteiger partial charge in [-0.15, -0.1) is 0 Å². The summed E-state index contributed by atoms with van der Waals surface area (Å²) < 4.78 is 24.5. The van der Waals surface area contributed by atoms with Gasteiger partial charge in [0.15, 0.2) is 9.84 Å². The molecule has 0 N–H and O–H groups in total. The highest BCUT2D eigenvalue weighted by molar-refractivity contribution is 7.92. The summed E-state index contributed by atoms with van der Waals surface area (Å²) in [5.74, 6) is 6.14. The number of hydrogen-bond donors (Lipinski definition) is 0. The van der Waals surface area contributed by atoms with Crippen LogP contribution in [0.4, 0.5) is 0 Å². The molecule has 0 bridgehead atoms. The Bertz CT molecular complexity index is 1070. The Hall–Kier alpha value is -2.49. The van der Waals surface area contributed by atoms with Gasteiger partial charge in [-0.05, 0) is 50.3 Å². The second kappa shape index (κ2) is 7.40. The number of rotatable bonds is 3. The minimum atomic E-state index is -3.28. The standard InChI is InChI=1S/C20H18N2O2S2/c1-14(2)26(23,24)18-7-5-17(6-8-18)20-12-21-15(3)19(22-20)9-4-16-10-11-25-13-16/h5-8,10-14H,1-3H3. The van der Waals surface area contributed by atoms with Crippen LogP contribution in [0.3, 0.4) is 0 Å². The fourth-order valence-electron chi connectivity index (χ4n) is 2.26. The molecule has 0 saturated heterocycles. The van der Waals surface area contributed by atoms with Gasteiger partial charge < -0.3 is 0 Å². The predicted molar refractivity (Wildman–Crippen MR) is 105 cm³/mol. The van der Waals surface area contributed by atoms with E-state index >= 15 is 0 Å². The molecule has 2 heterocycles. The lowest BCUT2D eigenvalue weighted by Crippen LogP contribution is -2.13. The van der Waals surface area contributed by atoms with Crippen LogP contribution in [0, 0.1) is 18.8 Å². The van der Waals surface area contributed by atoms with Gasteiger partial charge >= 0.3 is 0 Å². The predicted octanol–water partition coefficient (Wildman–Crippen LogP) is 4.10. The summed E-state index contributed by atoms with van der Waals surface area (Å²) in [5, 5.41) is 3.51. The van der Waals surface area contributed by atoms with Gasteiger partial charge in [-0.3, -0.25) is 4.98 Å². The van der Waals surface area contributed by atoms with E-state index in [1.807, 2.05) is 23.8 Å². The molecule has 0 fully saturated rings. The van der Waals surface area contributed by atoms with Crippen LogP contribution in [0.2, 0.25) is 0 Å². The number of benzene rings is 1. The van der Waals surface area contributed by atoms with Crippen molar-refractivity contribution < 1.29 is 8.42 Å². The van der Waals surface area contributed by atoms with E-state index < -0.39 is 15.1 Å². The lowest BCUT2D eigenvalue weighted by Gasteiger charge is -2.09. The van der Waals surface area contributed by atoms with Crippen LogP contribution in [-0.4, -0.2) is 23.6 Å². The monoisotopic (exact) mass is 382 g/mol. The van der Waals surface area contributed by atoms with Gasteiger partial charge in [0.25, 0.3) is 0 Å². The van der Waals surface area contributed by atoms with Gasteiger partial charge in [-0.1, -0.05) is 18.1 Å². The lowest BCUT2D eigenvalue weighted by molar-refractivity contribution is 0.587. The molecule has 0 atom stereocenters. The molecule has 4 nitrogen and oxygen atoms in total. The zero-order valence-corrected chi connectivity index (χ0v) is 16.4. The van der Waals surface area contributed by atoms with E-state index in [0.717, 1.165) is 16.8 Å². The van der Waals surface area contributed by atoms with Gasteiger partial charge in [0.05, 0.1) is 27.7 Å². The summed E-state index contributed by atoms with van der Waals surface area (Å²) in [6, 6.07) is 8.69. The number of nitrogens with zero attached hydrogens (tertiary/aromatic N) is 2. The first-order valence-corrected chi connectivity index (χ1v) is 10.6. The molecule has 0 radical (unpaired) electrons. The van der Waals surface area contributed by atoms with E-state index in [2.05, 4.69) is 21.8 Å². The quantitative estimate of drug-likeness (QED) is 0.640. The third kappa shape index (κ3) is 3.85. The summed E-state index contributed by atoms with van der Waals surface area (Å²) in [5.41, 5.74) is 3.80. The normalized spacial score (nSPS) is 11.2. The van der Waals surface area contributed by atoms with E-state index in [-0.39, 0.29) is 0 Å². The van der Waals surface area contributed by atoms with Crippen LogP contribution in [0.5, 0.6) is 0 Å². The van der Waals surface area contributed by atoms with E-state index in [1.54, 1.807) is 55.6 Å². The maximum absolute atomic E-state index is 12.2. The molecular weight excluding hydrogens is 364 g/mol. The number of aryl methyl sites for hydroxylation is 1.